The molecule has 1 saturated heterocycles. The fourth-order valence-corrected chi connectivity index (χ4v) is 5.75. The summed E-state index contributed by atoms with van der Waals surface area (Å²) in [6.07, 6.45) is 2.98. The minimum atomic E-state index is -2.89. The first-order valence-corrected chi connectivity index (χ1v) is 11.3. The van der Waals surface area contributed by atoms with Crippen molar-refractivity contribution in [1.82, 2.24) is 19.2 Å². The quantitative estimate of drug-likeness (QED) is 0.707. The van der Waals surface area contributed by atoms with Gasteiger partial charge in [-0.3, -0.25) is 9.47 Å². The third-order valence-electron chi connectivity index (χ3n) is 5.28. The molecule has 2 fully saturated rings. The Morgan fingerprint density at radius 2 is 1.92 bits per heavy atom. The van der Waals surface area contributed by atoms with Gasteiger partial charge in [-0.25, -0.2) is 13.1 Å². The van der Waals surface area contributed by atoms with Crippen molar-refractivity contribution in [3.63, 3.8) is 0 Å². The van der Waals surface area contributed by atoms with Gasteiger partial charge in [-0.15, -0.1) is 0 Å². The molecular weight excluding hydrogens is 368 g/mol. The van der Waals surface area contributed by atoms with Crippen LogP contribution in [0.25, 0.3) is 0 Å². The van der Waals surface area contributed by atoms with E-state index in [0.29, 0.717) is 29.8 Å². The van der Waals surface area contributed by atoms with Gasteiger partial charge in [0, 0.05) is 12.1 Å². The van der Waals surface area contributed by atoms with Gasteiger partial charge >= 0.3 is 0 Å². The van der Waals surface area contributed by atoms with Crippen LogP contribution in [0.15, 0.2) is 30.3 Å². The first kappa shape index (κ1) is 17.9. The Morgan fingerprint density at radius 1 is 1.19 bits per heavy atom. The van der Waals surface area contributed by atoms with Crippen LogP contribution in [0.4, 0.5) is 0 Å². The van der Waals surface area contributed by atoms with Crippen LogP contribution in [0.5, 0.6) is 0 Å². The molecule has 2 aliphatic rings. The SMILES string of the molecule is Cc1nn(CN(C2CC2)[C@@H]2CCS(=O)(=O)C2)c(=S)n1Cc1ccccc1. The molecule has 4 rings (SSSR count). The zero-order valence-electron chi connectivity index (χ0n) is 14.9. The van der Waals surface area contributed by atoms with E-state index in [0.717, 1.165) is 25.1 Å². The van der Waals surface area contributed by atoms with Gasteiger partial charge in [-0.05, 0) is 44.0 Å². The third-order valence-corrected chi connectivity index (χ3v) is 7.46. The predicted molar refractivity (Wildman–Crippen MR) is 103 cm³/mol. The van der Waals surface area contributed by atoms with Crippen LogP contribution in [0, 0.1) is 11.7 Å². The summed E-state index contributed by atoms with van der Waals surface area (Å²) < 4.78 is 28.4. The molecule has 6 nitrogen and oxygen atoms in total. The van der Waals surface area contributed by atoms with E-state index in [1.165, 1.54) is 5.56 Å². The minimum Gasteiger partial charge on any atom is -0.300 e. The molecular formula is C18H24N4O2S2. The molecule has 2 aromatic rings. The molecule has 1 aliphatic heterocycles. The van der Waals surface area contributed by atoms with E-state index in [9.17, 15) is 8.42 Å². The lowest BCUT2D eigenvalue weighted by molar-refractivity contribution is 0.145. The highest BCUT2D eigenvalue weighted by atomic mass is 32.2. The summed E-state index contributed by atoms with van der Waals surface area (Å²) in [7, 11) is -2.89. The summed E-state index contributed by atoms with van der Waals surface area (Å²) >= 11 is 5.68. The Kier molecular flexibility index (Phi) is 4.75. The molecule has 1 saturated carbocycles. The van der Waals surface area contributed by atoms with E-state index >= 15 is 0 Å². The minimum absolute atomic E-state index is 0.0916. The van der Waals surface area contributed by atoms with Crippen molar-refractivity contribution in [3.8, 4) is 0 Å². The van der Waals surface area contributed by atoms with Crippen LogP contribution < -0.4 is 0 Å². The molecule has 0 radical (unpaired) electrons. The second-order valence-corrected chi connectivity index (χ2v) is 9.94. The van der Waals surface area contributed by atoms with Crippen molar-refractivity contribution in [1.29, 1.82) is 0 Å². The van der Waals surface area contributed by atoms with Crippen molar-refractivity contribution >= 4 is 22.1 Å². The molecule has 140 valence electrons. The topological polar surface area (TPSA) is 60.1 Å². The Bertz CT molecular complexity index is 945. The van der Waals surface area contributed by atoms with E-state index in [1.807, 2.05) is 34.4 Å². The van der Waals surface area contributed by atoms with Gasteiger partial charge in [0.1, 0.15) is 5.82 Å². The van der Waals surface area contributed by atoms with Gasteiger partial charge in [-0.1, -0.05) is 30.3 Å². The Labute approximate surface area is 159 Å². The standard InChI is InChI=1S/C18H24N4O2S2/c1-14-19-22(18(25)20(14)11-15-5-3-2-4-6-15)13-21(16-7-8-16)17-9-10-26(23,24)12-17/h2-6,16-17H,7-13H2,1H3/t17-/m1/s1. The highest BCUT2D eigenvalue weighted by molar-refractivity contribution is 7.91. The molecule has 1 aromatic carbocycles. The fourth-order valence-electron chi connectivity index (χ4n) is 3.72. The number of benzene rings is 1. The van der Waals surface area contributed by atoms with Gasteiger partial charge in [0.05, 0.1) is 24.7 Å². The van der Waals surface area contributed by atoms with E-state index in [4.69, 9.17) is 12.2 Å². The van der Waals surface area contributed by atoms with Crippen molar-refractivity contribution in [2.45, 2.75) is 51.5 Å². The normalized spacial score (nSPS) is 22.2. The monoisotopic (exact) mass is 392 g/mol. The van der Waals surface area contributed by atoms with Gasteiger partial charge in [0.2, 0.25) is 0 Å². The summed E-state index contributed by atoms with van der Waals surface area (Å²) in [4.78, 5) is 2.31. The molecule has 0 amide bonds. The number of nitrogens with zero attached hydrogens (tertiary/aromatic N) is 4. The first-order chi connectivity index (χ1) is 12.4. The number of sulfone groups is 1. The van der Waals surface area contributed by atoms with Crippen LogP contribution in [0.3, 0.4) is 0 Å². The Balaban J connectivity index is 1.56. The van der Waals surface area contributed by atoms with Crippen molar-refractivity contribution < 1.29 is 8.42 Å². The third kappa shape index (κ3) is 3.77. The molecule has 1 aliphatic carbocycles. The summed E-state index contributed by atoms with van der Waals surface area (Å²) in [6, 6.07) is 10.8. The maximum absolute atomic E-state index is 11.9. The largest absolute Gasteiger partial charge is 0.300 e. The smallest absolute Gasteiger partial charge is 0.199 e. The van der Waals surface area contributed by atoms with Gasteiger partial charge in [0.25, 0.3) is 0 Å². The molecule has 0 unspecified atom stereocenters. The van der Waals surface area contributed by atoms with E-state index in [-0.39, 0.29) is 11.8 Å². The summed E-state index contributed by atoms with van der Waals surface area (Å²) in [6.45, 7) is 3.25. The lowest BCUT2D eigenvalue weighted by Gasteiger charge is -2.27. The maximum atomic E-state index is 11.9. The lowest BCUT2D eigenvalue weighted by atomic mass is 10.2. The fraction of sp³-hybridized carbons (Fsp3) is 0.556. The molecule has 1 atom stereocenters. The van der Waals surface area contributed by atoms with Gasteiger partial charge < -0.3 is 0 Å². The van der Waals surface area contributed by atoms with Crippen molar-refractivity contribution in [2.24, 2.45) is 0 Å². The Hall–Kier alpha value is -1.51. The van der Waals surface area contributed by atoms with Crippen LogP contribution in [0.2, 0.25) is 0 Å². The Morgan fingerprint density at radius 3 is 2.54 bits per heavy atom. The summed E-state index contributed by atoms with van der Waals surface area (Å²) in [5.74, 6) is 1.45. The van der Waals surface area contributed by atoms with Gasteiger partial charge in [-0.2, -0.15) is 5.10 Å². The van der Waals surface area contributed by atoms with Crippen molar-refractivity contribution in [2.75, 3.05) is 11.5 Å². The van der Waals surface area contributed by atoms with E-state index in [2.05, 4.69) is 22.1 Å². The van der Waals surface area contributed by atoms with E-state index < -0.39 is 9.84 Å². The molecule has 2 heterocycles. The average molecular weight is 393 g/mol. The van der Waals surface area contributed by atoms with E-state index in [1.54, 1.807) is 0 Å². The average Bonchev–Trinajstić information content (AvgIpc) is 3.34. The highest BCUT2D eigenvalue weighted by Gasteiger charge is 2.39. The summed E-state index contributed by atoms with van der Waals surface area (Å²) in [5.41, 5.74) is 1.19. The summed E-state index contributed by atoms with van der Waals surface area (Å²) in [5, 5.41) is 4.65. The number of rotatable bonds is 6. The maximum Gasteiger partial charge on any atom is 0.199 e. The van der Waals surface area contributed by atoms with Crippen LogP contribution in [0.1, 0.15) is 30.7 Å². The number of hydrogen-bond donors (Lipinski definition) is 0. The molecule has 0 N–H and O–H groups in total. The molecule has 0 bridgehead atoms. The zero-order valence-corrected chi connectivity index (χ0v) is 16.5. The molecule has 0 spiro atoms. The van der Waals surface area contributed by atoms with Gasteiger partial charge in [0.15, 0.2) is 14.6 Å². The van der Waals surface area contributed by atoms with Crippen molar-refractivity contribution in [3.05, 3.63) is 46.5 Å². The second kappa shape index (κ2) is 6.90. The highest BCUT2D eigenvalue weighted by Crippen LogP contribution is 2.32. The van der Waals surface area contributed by atoms with Crippen LogP contribution in [-0.2, 0) is 23.1 Å². The predicted octanol–water partition coefficient (Wildman–Crippen LogP) is 2.38. The molecule has 26 heavy (non-hydrogen) atoms. The van der Waals surface area contributed by atoms with Crippen LogP contribution >= 0.6 is 12.2 Å². The molecule has 8 heteroatoms. The number of hydrogen-bond acceptors (Lipinski definition) is 5. The zero-order chi connectivity index (χ0) is 18.3. The molecule has 1 aromatic heterocycles. The lowest BCUT2D eigenvalue weighted by Crippen LogP contribution is -2.39. The number of aryl methyl sites for hydroxylation is 1. The number of aromatic nitrogens is 3. The second-order valence-electron chi connectivity index (χ2n) is 7.34. The first-order valence-electron chi connectivity index (χ1n) is 9.07. The van der Waals surface area contributed by atoms with Crippen LogP contribution in [-0.4, -0.2) is 51.3 Å².